The van der Waals surface area contributed by atoms with Crippen molar-refractivity contribution in [3.8, 4) is 0 Å². The van der Waals surface area contributed by atoms with Crippen molar-refractivity contribution < 1.29 is 4.79 Å². The molecule has 0 bridgehead atoms. The SMILES string of the molecule is CN(C)c1ccc(NC(=O)c2cnc(N(C)c3ccccc3)nc2)cc1. The predicted octanol–water partition coefficient (Wildman–Crippen LogP) is 3.56. The Morgan fingerprint density at radius 1 is 0.846 bits per heavy atom. The average molecular weight is 347 g/mol. The molecule has 3 aromatic rings. The highest BCUT2D eigenvalue weighted by molar-refractivity contribution is 6.04. The van der Waals surface area contributed by atoms with E-state index in [1.54, 1.807) is 0 Å². The van der Waals surface area contributed by atoms with Crippen LogP contribution in [0.2, 0.25) is 0 Å². The first kappa shape index (κ1) is 17.4. The van der Waals surface area contributed by atoms with Crippen LogP contribution in [0, 0.1) is 0 Å². The van der Waals surface area contributed by atoms with Crippen molar-refractivity contribution in [1.29, 1.82) is 0 Å². The lowest BCUT2D eigenvalue weighted by Crippen LogP contribution is -2.16. The molecule has 26 heavy (non-hydrogen) atoms. The number of nitrogens with one attached hydrogen (secondary N) is 1. The summed E-state index contributed by atoms with van der Waals surface area (Å²) in [6.07, 6.45) is 3.07. The van der Waals surface area contributed by atoms with Gasteiger partial charge >= 0.3 is 0 Å². The lowest BCUT2D eigenvalue weighted by atomic mass is 10.2. The zero-order valence-corrected chi connectivity index (χ0v) is 15.0. The zero-order chi connectivity index (χ0) is 18.5. The Hall–Kier alpha value is -3.41. The zero-order valence-electron chi connectivity index (χ0n) is 15.0. The van der Waals surface area contributed by atoms with Crippen LogP contribution in [0.1, 0.15) is 10.4 Å². The van der Waals surface area contributed by atoms with Crippen LogP contribution in [-0.4, -0.2) is 37.0 Å². The molecule has 1 aromatic heterocycles. The number of benzene rings is 2. The Labute approximate surface area is 153 Å². The molecule has 6 nitrogen and oxygen atoms in total. The molecule has 6 heteroatoms. The molecule has 1 amide bonds. The van der Waals surface area contributed by atoms with Gasteiger partial charge in [0.15, 0.2) is 0 Å². The number of amides is 1. The van der Waals surface area contributed by atoms with Gasteiger partial charge in [-0.1, -0.05) is 18.2 Å². The predicted molar refractivity (Wildman–Crippen MR) is 105 cm³/mol. The second kappa shape index (κ2) is 7.65. The summed E-state index contributed by atoms with van der Waals surface area (Å²) in [7, 11) is 5.83. The second-order valence-electron chi connectivity index (χ2n) is 6.06. The number of hydrogen-bond donors (Lipinski definition) is 1. The van der Waals surface area contributed by atoms with Gasteiger partial charge in [0.1, 0.15) is 0 Å². The molecular weight excluding hydrogens is 326 g/mol. The molecule has 0 aliphatic heterocycles. The molecule has 132 valence electrons. The van der Waals surface area contributed by atoms with Crippen molar-refractivity contribution in [3.05, 3.63) is 72.6 Å². The number of hydrogen-bond acceptors (Lipinski definition) is 5. The highest BCUT2D eigenvalue weighted by Crippen LogP contribution is 2.19. The van der Waals surface area contributed by atoms with Gasteiger partial charge in [0, 0.05) is 50.6 Å². The van der Waals surface area contributed by atoms with Crippen LogP contribution < -0.4 is 15.1 Å². The minimum Gasteiger partial charge on any atom is -0.378 e. The third kappa shape index (κ3) is 3.97. The molecule has 0 unspecified atom stereocenters. The minimum atomic E-state index is -0.239. The molecule has 0 saturated heterocycles. The van der Waals surface area contributed by atoms with E-state index in [2.05, 4.69) is 15.3 Å². The molecular formula is C20H21N5O. The van der Waals surface area contributed by atoms with Crippen LogP contribution in [0.5, 0.6) is 0 Å². The number of carbonyl (C=O) groups is 1. The first-order valence-corrected chi connectivity index (χ1v) is 8.24. The highest BCUT2D eigenvalue weighted by Gasteiger charge is 2.11. The number of aromatic nitrogens is 2. The maximum Gasteiger partial charge on any atom is 0.258 e. The van der Waals surface area contributed by atoms with Crippen molar-refractivity contribution in [2.45, 2.75) is 0 Å². The first-order chi connectivity index (χ1) is 12.5. The van der Waals surface area contributed by atoms with E-state index in [-0.39, 0.29) is 5.91 Å². The van der Waals surface area contributed by atoms with E-state index in [0.29, 0.717) is 11.5 Å². The number of anilines is 4. The Morgan fingerprint density at radius 3 is 2.04 bits per heavy atom. The summed E-state index contributed by atoms with van der Waals surface area (Å²) < 4.78 is 0. The number of rotatable bonds is 5. The van der Waals surface area contributed by atoms with Gasteiger partial charge in [0.2, 0.25) is 5.95 Å². The summed E-state index contributed by atoms with van der Waals surface area (Å²) in [5, 5.41) is 2.85. The van der Waals surface area contributed by atoms with Crippen molar-refractivity contribution in [1.82, 2.24) is 9.97 Å². The number of para-hydroxylation sites is 1. The standard InChI is InChI=1S/C20H21N5O/c1-24(2)17-11-9-16(10-12-17)23-19(26)15-13-21-20(22-14-15)25(3)18-7-5-4-6-8-18/h4-14H,1-3H3,(H,23,26). The van der Waals surface area contributed by atoms with Gasteiger partial charge in [-0.3, -0.25) is 4.79 Å². The topological polar surface area (TPSA) is 61.4 Å². The van der Waals surface area contributed by atoms with Gasteiger partial charge in [-0.2, -0.15) is 0 Å². The summed E-state index contributed by atoms with van der Waals surface area (Å²) in [6.45, 7) is 0. The van der Waals surface area contributed by atoms with Gasteiger partial charge in [0.25, 0.3) is 5.91 Å². The second-order valence-corrected chi connectivity index (χ2v) is 6.06. The van der Waals surface area contributed by atoms with Crippen molar-refractivity contribution in [2.75, 3.05) is 36.3 Å². The van der Waals surface area contributed by atoms with E-state index in [1.807, 2.05) is 85.5 Å². The fourth-order valence-electron chi connectivity index (χ4n) is 2.42. The molecule has 0 spiro atoms. The molecule has 0 aliphatic carbocycles. The van der Waals surface area contributed by atoms with E-state index < -0.39 is 0 Å². The summed E-state index contributed by atoms with van der Waals surface area (Å²) in [4.78, 5) is 24.8. The molecule has 2 aromatic carbocycles. The van der Waals surface area contributed by atoms with Crippen LogP contribution in [0.3, 0.4) is 0 Å². The fourth-order valence-corrected chi connectivity index (χ4v) is 2.42. The average Bonchev–Trinajstić information content (AvgIpc) is 2.68. The molecule has 0 atom stereocenters. The summed E-state index contributed by atoms with van der Waals surface area (Å²) >= 11 is 0. The van der Waals surface area contributed by atoms with Gasteiger partial charge in [0.05, 0.1) is 5.56 Å². The Balaban J connectivity index is 1.69. The van der Waals surface area contributed by atoms with E-state index in [0.717, 1.165) is 17.1 Å². The first-order valence-electron chi connectivity index (χ1n) is 8.24. The number of nitrogens with zero attached hydrogens (tertiary/aromatic N) is 4. The third-order valence-electron chi connectivity index (χ3n) is 3.99. The molecule has 3 rings (SSSR count). The summed E-state index contributed by atoms with van der Waals surface area (Å²) in [5.74, 6) is 0.291. The van der Waals surface area contributed by atoms with E-state index in [1.165, 1.54) is 12.4 Å². The Bertz CT molecular complexity index is 861. The van der Waals surface area contributed by atoms with Crippen molar-refractivity contribution in [3.63, 3.8) is 0 Å². The van der Waals surface area contributed by atoms with Crippen LogP contribution >= 0.6 is 0 Å². The number of carbonyl (C=O) groups excluding carboxylic acids is 1. The van der Waals surface area contributed by atoms with E-state index in [9.17, 15) is 4.79 Å². The highest BCUT2D eigenvalue weighted by atomic mass is 16.1. The Morgan fingerprint density at radius 2 is 1.46 bits per heavy atom. The molecule has 0 saturated carbocycles. The van der Waals surface area contributed by atoms with Gasteiger partial charge in [-0.25, -0.2) is 9.97 Å². The largest absolute Gasteiger partial charge is 0.378 e. The van der Waals surface area contributed by atoms with Crippen molar-refractivity contribution in [2.24, 2.45) is 0 Å². The van der Waals surface area contributed by atoms with Gasteiger partial charge in [-0.15, -0.1) is 0 Å². The molecule has 1 N–H and O–H groups in total. The molecule has 0 radical (unpaired) electrons. The monoisotopic (exact) mass is 347 g/mol. The smallest absolute Gasteiger partial charge is 0.258 e. The van der Waals surface area contributed by atoms with Crippen LogP contribution in [0.4, 0.5) is 23.0 Å². The fraction of sp³-hybridized carbons (Fsp3) is 0.150. The molecule has 0 fully saturated rings. The quantitative estimate of drug-likeness (QED) is 0.765. The lowest BCUT2D eigenvalue weighted by molar-refractivity contribution is 0.102. The normalized spacial score (nSPS) is 10.3. The van der Waals surface area contributed by atoms with Gasteiger partial charge < -0.3 is 15.1 Å². The van der Waals surface area contributed by atoms with Crippen molar-refractivity contribution >= 4 is 28.9 Å². The summed E-state index contributed by atoms with van der Waals surface area (Å²) in [6, 6.07) is 17.4. The van der Waals surface area contributed by atoms with Crippen LogP contribution in [0.25, 0.3) is 0 Å². The minimum absolute atomic E-state index is 0.239. The lowest BCUT2D eigenvalue weighted by Gasteiger charge is -2.17. The summed E-state index contributed by atoms with van der Waals surface area (Å²) in [5.41, 5.74) is 3.18. The van der Waals surface area contributed by atoms with Crippen LogP contribution in [-0.2, 0) is 0 Å². The molecule has 1 heterocycles. The third-order valence-corrected chi connectivity index (χ3v) is 3.99. The van der Waals surface area contributed by atoms with Gasteiger partial charge in [-0.05, 0) is 36.4 Å². The molecule has 0 aliphatic rings. The van der Waals surface area contributed by atoms with E-state index >= 15 is 0 Å². The maximum atomic E-state index is 12.4. The Kier molecular flexibility index (Phi) is 5.12. The van der Waals surface area contributed by atoms with Crippen LogP contribution in [0.15, 0.2) is 67.0 Å². The maximum absolute atomic E-state index is 12.4. The van der Waals surface area contributed by atoms with E-state index in [4.69, 9.17) is 0 Å².